The molecule has 2 N–H and O–H groups in total. The molecule has 20 heavy (non-hydrogen) atoms. The molecule has 1 aromatic carbocycles. The van der Waals surface area contributed by atoms with Gasteiger partial charge in [0, 0.05) is 17.9 Å². The van der Waals surface area contributed by atoms with E-state index < -0.39 is 0 Å². The predicted octanol–water partition coefficient (Wildman–Crippen LogP) is 2.89. The van der Waals surface area contributed by atoms with E-state index in [0.717, 1.165) is 12.1 Å². The van der Waals surface area contributed by atoms with Crippen LogP contribution < -0.4 is 10.5 Å². The first-order valence-corrected chi connectivity index (χ1v) is 6.60. The molecule has 0 spiro atoms. The van der Waals surface area contributed by atoms with Crippen LogP contribution in [0.1, 0.15) is 37.6 Å². The van der Waals surface area contributed by atoms with Crippen molar-refractivity contribution in [3.05, 3.63) is 41.7 Å². The molecule has 0 saturated heterocycles. The third-order valence-electron chi connectivity index (χ3n) is 3.21. The molecular formula is C15H18N4O. The predicted molar refractivity (Wildman–Crippen MR) is 77.1 cm³/mol. The molecule has 0 bridgehead atoms. The number of nitrogen functional groups attached to an aromatic ring is 1. The molecule has 0 aliphatic heterocycles. The first-order chi connectivity index (χ1) is 9.63. The van der Waals surface area contributed by atoms with Gasteiger partial charge in [-0.3, -0.25) is 4.68 Å². The molecule has 0 aliphatic rings. The third kappa shape index (κ3) is 3.09. The van der Waals surface area contributed by atoms with E-state index in [9.17, 15) is 0 Å². The molecule has 0 fully saturated rings. The average Bonchev–Trinajstić information content (AvgIpc) is 2.93. The van der Waals surface area contributed by atoms with Crippen molar-refractivity contribution in [2.24, 2.45) is 0 Å². The van der Waals surface area contributed by atoms with Gasteiger partial charge in [0.15, 0.2) is 0 Å². The summed E-state index contributed by atoms with van der Waals surface area (Å²) in [6, 6.07) is 9.40. The number of hydrogen-bond acceptors (Lipinski definition) is 4. The van der Waals surface area contributed by atoms with E-state index in [1.165, 1.54) is 0 Å². The molecule has 1 aromatic heterocycles. The van der Waals surface area contributed by atoms with Crippen molar-refractivity contribution in [1.29, 1.82) is 5.26 Å². The summed E-state index contributed by atoms with van der Waals surface area (Å²) in [5.74, 6) is 0.528. The van der Waals surface area contributed by atoms with Gasteiger partial charge in [0.2, 0.25) is 0 Å². The maximum atomic E-state index is 9.04. The van der Waals surface area contributed by atoms with Crippen LogP contribution in [0, 0.1) is 11.3 Å². The number of rotatable bonds is 5. The molecule has 1 heterocycles. The van der Waals surface area contributed by atoms with E-state index in [-0.39, 0.29) is 0 Å². The van der Waals surface area contributed by atoms with Crippen LogP contribution in [-0.4, -0.2) is 9.78 Å². The van der Waals surface area contributed by atoms with Gasteiger partial charge in [-0.25, -0.2) is 0 Å². The van der Waals surface area contributed by atoms with Crippen molar-refractivity contribution in [2.45, 2.75) is 32.9 Å². The van der Waals surface area contributed by atoms with Gasteiger partial charge in [0.05, 0.1) is 11.3 Å². The zero-order chi connectivity index (χ0) is 14.5. The minimum absolute atomic E-state index is 0.335. The van der Waals surface area contributed by atoms with Crippen molar-refractivity contribution >= 4 is 5.69 Å². The molecule has 104 valence electrons. The number of nitriles is 1. The fraction of sp³-hybridized carbons (Fsp3) is 0.333. The molecule has 0 amide bonds. The van der Waals surface area contributed by atoms with Crippen LogP contribution in [0.15, 0.2) is 30.5 Å². The van der Waals surface area contributed by atoms with E-state index in [4.69, 9.17) is 15.7 Å². The lowest BCUT2D eigenvalue weighted by Crippen LogP contribution is -2.06. The average molecular weight is 270 g/mol. The summed E-state index contributed by atoms with van der Waals surface area (Å²) < 4.78 is 7.57. The van der Waals surface area contributed by atoms with Crippen molar-refractivity contribution < 1.29 is 4.74 Å². The van der Waals surface area contributed by atoms with Crippen LogP contribution in [0.25, 0.3) is 0 Å². The summed E-state index contributed by atoms with van der Waals surface area (Å²) in [4.78, 5) is 0. The first-order valence-electron chi connectivity index (χ1n) is 6.60. The highest BCUT2D eigenvalue weighted by Gasteiger charge is 2.07. The lowest BCUT2D eigenvalue weighted by Gasteiger charge is -2.09. The zero-order valence-corrected chi connectivity index (χ0v) is 11.7. The van der Waals surface area contributed by atoms with Crippen LogP contribution in [-0.2, 0) is 6.61 Å². The van der Waals surface area contributed by atoms with Crippen LogP contribution in [0.2, 0.25) is 0 Å². The van der Waals surface area contributed by atoms with Gasteiger partial charge in [0.25, 0.3) is 0 Å². The van der Waals surface area contributed by atoms with Crippen molar-refractivity contribution in [3.8, 4) is 11.8 Å². The maximum Gasteiger partial charge on any atom is 0.137 e. The van der Waals surface area contributed by atoms with Gasteiger partial charge >= 0.3 is 0 Å². The lowest BCUT2D eigenvalue weighted by molar-refractivity contribution is 0.297. The number of anilines is 1. The molecule has 5 nitrogen and oxygen atoms in total. The van der Waals surface area contributed by atoms with Gasteiger partial charge < -0.3 is 10.5 Å². The highest BCUT2D eigenvalue weighted by molar-refractivity contribution is 5.53. The van der Waals surface area contributed by atoms with E-state index in [2.05, 4.69) is 25.0 Å². The molecule has 5 heteroatoms. The second-order valence-electron chi connectivity index (χ2n) is 4.70. The topological polar surface area (TPSA) is 76.9 Å². The molecule has 1 unspecified atom stereocenters. The fourth-order valence-corrected chi connectivity index (χ4v) is 1.80. The fourth-order valence-electron chi connectivity index (χ4n) is 1.80. The Labute approximate surface area is 118 Å². The Hall–Kier alpha value is -2.48. The molecule has 0 aliphatic carbocycles. The summed E-state index contributed by atoms with van der Waals surface area (Å²) in [6.45, 7) is 4.57. The van der Waals surface area contributed by atoms with Crippen LogP contribution >= 0.6 is 0 Å². The molecule has 1 atom stereocenters. The van der Waals surface area contributed by atoms with Gasteiger partial charge in [-0.05, 0) is 37.6 Å². The second-order valence-corrected chi connectivity index (χ2v) is 4.70. The minimum Gasteiger partial charge on any atom is -0.486 e. The number of aromatic nitrogens is 2. The lowest BCUT2D eigenvalue weighted by atomic mass is 10.2. The van der Waals surface area contributed by atoms with Crippen LogP contribution in [0.3, 0.4) is 0 Å². The standard InChI is InChI=1S/C15H18N4O/c1-3-11(2)19-7-6-14(18-19)10-20-15-5-4-13(17)8-12(15)9-16/h4-8,11H,3,10,17H2,1-2H3. The van der Waals surface area contributed by atoms with Crippen LogP contribution in [0.5, 0.6) is 5.75 Å². The Bertz CT molecular complexity index is 627. The number of ether oxygens (including phenoxy) is 1. The summed E-state index contributed by atoms with van der Waals surface area (Å²) in [6.07, 6.45) is 2.97. The van der Waals surface area contributed by atoms with Crippen molar-refractivity contribution in [1.82, 2.24) is 9.78 Å². The largest absolute Gasteiger partial charge is 0.486 e. The molecule has 0 radical (unpaired) electrons. The van der Waals surface area contributed by atoms with Gasteiger partial charge in [-0.2, -0.15) is 10.4 Å². The zero-order valence-electron chi connectivity index (χ0n) is 11.7. The number of nitrogens with zero attached hydrogens (tertiary/aromatic N) is 3. The number of hydrogen-bond donors (Lipinski definition) is 1. The van der Waals surface area contributed by atoms with E-state index in [0.29, 0.717) is 29.6 Å². The summed E-state index contributed by atoms with van der Waals surface area (Å²) in [7, 11) is 0. The minimum atomic E-state index is 0.335. The Morgan fingerprint density at radius 1 is 1.45 bits per heavy atom. The Morgan fingerprint density at radius 2 is 2.25 bits per heavy atom. The Balaban J connectivity index is 2.06. The summed E-state index contributed by atoms with van der Waals surface area (Å²) >= 11 is 0. The van der Waals surface area contributed by atoms with Gasteiger partial charge in [-0.1, -0.05) is 6.92 Å². The highest BCUT2D eigenvalue weighted by atomic mass is 16.5. The number of nitrogens with two attached hydrogens (primary N) is 1. The van der Waals surface area contributed by atoms with Crippen molar-refractivity contribution in [2.75, 3.05) is 5.73 Å². The quantitative estimate of drug-likeness (QED) is 0.847. The molecule has 2 rings (SSSR count). The SMILES string of the molecule is CCC(C)n1ccc(COc2ccc(N)cc2C#N)n1. The van der Waals surface area contributed by atoms with E-state index in [1.54, 1.807) is 18.2 Å². The first kappa shape index (κ1) is 13.9. The maximum absolute atomic E-state index is 9.04. The summed E-state index contributed by atoms with van der Waals surface area (Å²) in [5, 5.41) is 13.5. The monoisotopic (exact) mass is 270 g/mol. The van der Waals surface area contributed by atoms with E-state index in [1.807, 2.05) is 16.9 Å². The van der Waals surface area contributed by atoms with Gasteiger partial charge in [0.1, 0.15) is 18.4 Å². The third-order valence-corrected chi connectivity index (χ3v) is 3.21. The Kier molecular flexibility index (Phi) is 4.26. The van der Waals surface area contributed by atoms with E-state index >= 15 is 0 Å². The summed E-state index contributed by atoms with van der Waals surface area (Å²) in [5.41, 5.74) is 7.47. The normalized spacial score (nSPS) is 11.8. The Morgan fingerprint density at radius 3 is 2.95 bits per heavy atom. The molecular weight excluding hydrogens is 252 g/mol. The van der Waals surface area contributed by atoms with Gasteiger partial charge in [-0.15, -0.1) is 0 Å². The number of benzene rings is 1. The second kappa shape index (κ2) is 6.11. The van der Waals surface area contributed by atoms with Crippen molar-refractivity contribution in [3.63, 3.8) is 0 Å². The van der Waals surface area contributed by atoms with Crippen LogP contribution in [0.4, 0.5) is 5.69 Å². The molecule has 2 aromatic rings. The molecule has 0 saturated carbocycles. The smallest absolute Gasteiger partial charge is 0.137 e. The highest BCUT2D eigenvalue weighted by Crippen LogP contribution is 2.21.